The smallest absolute Gasteiger partial charge is 0.123 e. The number of benzene rings is 1. The summed E-state index contributed by atoms with van der Waals surface area (Å²) in [6.07, 6.45) is 2.07. The molecule has 0 radical (unpaired) electrons. The van der Waals surface area contributed by atoms with Gasteiger partial charge in [-0.05, 0) is 24.6 Å². The van der Waals surface area contributed by atoms with Gasteiger partial charge in [-0.25, -0.2) is 4.39 Å². The van der Waals surface area contributed by atoms with Gasteiger partial charge in [0.15, 0.2) is 0 Å². The van der Waals surface area contributed by atoms with Crippen LogP contribution in [0.3, 0.4) is 0 Å². The molecule has 0 spiro atoms. The van der Waals surface area contributed by atoms with E-state index >= 15 is 0 Å². The van der Waals surface area contributed by atoms with Crippen molar-refractivity contribution in [2.24, 2.45) is 0 Å². The number of unbranched alkanes of at least 4 members (excludes halogenated alkanes) is 1. The number of aliphatic hydroxyl groups is 1. The van der Waals surface area contributed by atoms with Crippen LogP contribution in [0.2, 0.25) is 5.15 Å². The van der Waals surface area contributed by atoms with Crippen LogP contribution in [0.1, 0.15) is 25.3 Å². The lowest BCUT2D eigenvalue weighted by molar-refractivity contribution is 0.283. The largest absolute Gasteiger partial charge is 0.392 e. The Balaban J connectivity index is 2.62. The summed E-state index contributed by atoms with van der Waals surface area (Å²) in [6, 6.07) is 4.56. The molecule has 2 nitrogen and oxygen atoms in total. The normalized spacial score (nSPS) is 11.3. The van der Waals surface area contributed by atoms with Crippen LogP contribution < -0.4 is 0 Å². The zero-order chi connectivity index (χ0) is 12.4. The molecule has 4 heteroatoms. The molecule has 1 N–H and O–H groups in total. The van der Waals surface area contributed by atoms with Crippen molar-refractivity contribution < 1.29 is 9.50 Å². The minimum absolute atomic E-state index is 0.169. The monoisotopic (exact) mass is 255 g/mol. The Morgan fingerprint density at radius 2 is 2.18 bits per heavy atom. The lowest BCUT2D eigenvalue weighted by Crippen LogP contribution is -1.97. The number of rotatable bonds is 4. The molecule has 0 bridgehead atoms. The standard InChI is InChI=1S/C13H15ClFNO/c1-2-3-6-16-12-5-4-9(15)7-10(12)11(8-17)13(16)14/h4-5,7,17H,2-3,6,8H2,1H3. The summed E-state index contributed by atoms with van der Waals surface area (Å²) < 4.78 is 15.1. The molecule has 0 unspecified atom stereocenters. The maximum absolute atomic E-state index is 13.2. The summed E-state index contributed by atoms with van der Waals surface area (Å²) >= 11 is 6.22. The number of halogens is 2. The third-order valence-corrected chi connectivity index (χ3v) is 3.39. The molecule has 1 heterocycles. The quantitative estimate of drug-likeness (QED) is 0.885. The van der Waals surface area contributed by atoms with Crippen LogP contribution in [0.4, 0.5) is 4.39 Å². The topological polar surface area (TPSA) is 25.2 Å². The van der Waals surface area contributed by atoms with Crippen molar-refractivity contribution >= 4 is 22.5 Å². The molecule has 1 aromatic carbocycles. The Kier molecular flexibility index (Phi) is 3.69. The Morgan fingerprint density at radius 3 is 2.82 bits per heavy atom. The molecule has 2 aromatic rings. The zero-order valence-corrected chi connectivity index (χ0v) is 10.5. The highest BCUT2D eigenvalue weighted by atomic mass is 35.5. The van der Waals surface area contributed by atoms with Crippen LogP contribution in [0.25, 0.3) is 10.9 Å². The van der Waals surface area contributed by atoms with Crippen LogP contribution in [-0.2, 0) is 13.2 Å². The van der Waals surface area contributed by atoms with Crippen molar-refractivity contribution in [1.82, 2.24) is 4.57 Å². The van der Waals surface area contributed by atoms with E-state index in [1.54, 1.807) is 6.07 Å². The maximum atomic E-state index is 13.2. The Bertz CT molecular complexity index is 536. The molecule has 0 saturated carbocycles. The fourth-order valence-corrected chi connectivity index (χ4v) is 2.39. The highest BCUT2D eigenvalue weighted by molar-refractivity contribution is 6.32. The molecular weight excluding hydrogens is 241 g/mol. The van der Waals surface area contributed by atoms with Crippen LogP contribution in [0.15, 0.2) is 18.2 Å². The van der Waals surface area contributed by atoms with Crippen LogP contribution in [-0.4, -0.2) is 9.67 Å². The molecule has 0 amide bonds. The van der Waals surface area contributed by atoms with Gasteiger partial charge in [-0.15, -0.1) is 0 Å². The van der Waals surface area contributed by atoms with Crippen molar-refractivity contribution in [2.45, 2.75) is 32.9 Å². The second-order valence-electron chi connectivity index (χ2n) is 4.09. The lowest BCUT2D eigenvalue weighted by atomic mass is 10.2. The molecule has 0 aliphatic heterocycles. The first-order chi connectivity index (χ1) is 8.19. The third-order valence-electron chi connectivity index (χ3n) is 2.95. The molecule has 17 heavy (non-hydrogen) atoms. The van der Waals surface area contributed by atoms with E-state index in [9.17, 15) is 9.50 Å². The molecule has 0 aliphatic rings. The second kappa shape index (κ2) is 5.07. The van der Waals surface area contributed by atoms with Crippen molar-refractivity contribution in [2.75, 3.05) is 0 Å². The predicted octanol–water partition coefficient (Wildman–Crippen LogP) is 3.73. The molecule has 0 aliphatic carbocycles. The number of nitrogens with zero attached hydrogens (tertiary/aromatic N) is 1. The van der Waals surface area contributed by atoms with Gasteiger partial charge in [0.25, 0.3) is 0 Å². The van der Waals surface area contributed by atoms with E-state index in [0.717, 1.165) is 24.9 Å². The summed E-state index contributed by atoms with van der Waals surface area (Å²) in [7, 11) is 0. The van der Waals surface area contributed by atoms with Gasteiger partial charge in [0, 0.05) is 23.0 Å². The molecule has 1 aromatic heterocycles. The number of hydrogen-bond acceptors (Lipinski definition) is 1. The van der Waals surface area contributed by atoms with Crippen molar-refractivity contribution in [3.63, 3.8) is 0 Å². The molecule has 2 rings (SSSR count). The van der Waals surface area contributed by atoms with Gasteiger partial charge in [-0.3, -0.25) is 0 Å². The van der Waals surface area contributed by atoms with Gasteiger partial charge in [0.1, 0.15) is 11.0 Å². The summed E-state index contributed by atoms with van der Waals surface area (Å²) in [5.74, 6) is -0.309. The molecule has 0 fully saturated rings. The zero-order valence-electron chi connectivity index (χ0n) is 9.71. The summed E-state index contributed by atoms with van der Waals surface area (Å²) in [5.41, 5.74) is 1.49. The first-order valence-corrected chi connectivity index (χ1v) is 6.13. The minimum Gasteiger partial charge on any atom is -0.392 e. The Morgan fingerprint density at radius 1 is 1.41 bits per heavy atom. The van der Waals surface area contributed by atoms with Crippen molar-refractivity contribution in [1.29, 1.82) is 0 Å². The van der Waals surface area contributed by atoms with Crippen LogP contribution >= 0.6 is 11.6 Å². The van der Waals surface area contributed by atoms with Gasteiger partial charge in [-0.1, -0.05) is 24.9 Å². The van der Waals surface area contributed by atoms with E-state index in [-0.39, 0.29) is 12.4 Å². The van der Waals surface area contributed by atoms with E-state index in [1.165, 1.54) is 12.1 Å². The van der Waals surface area contributed by atoms with Crippen molar-refractivity contribution in [3.05, 3.63) is 34.7 Å². The van der Waals surface area contributed by atoms with Gasteiger partial charge in [0.05, 0.1) is 6.61 Å². The minimum atomic E-state index is -0.309. The maximum Gasteiger partial charge on any atom is 0.123 e. The second-order valence-corrected chi connectivity index (χ2v) is 4.45. The number of aromatic nitrogens is 1. The van der Waals surface area contributed by atoms with E-state index in [2.05, 4.69) is 6.92 Å². The summed E-state index contributed by atoms with van der Waals surface area (Å²) in [5, 5.41) is 10.5. The number of fused-ring (bicyclic) bond motifs is 1. The summed E-state index contributed by atoms with van der Waals surface area (Å²) in [4.78, 5) is 0. The number of aliphatic hydroxyl groups excluding tert-OH is 1. The van der Waals surface area contributed by atoms with Crippen LogP contribution in [0.5, 0.6) is 0 Å². The first-order valence-electron chi connectivity index (χ1n) is 5.76. The van der Waals surface area contributed by atoms with E-state index < -0.39 is 0 Å². The highest BCUT2D eigenvalue weighted by Gasteiger charge is 2.15. The van der Waals surface area contributed by atoms with Gasteiger partial charge < -0.3 is 9.67 Å². The summed E-state index contributed by atoms with van der Waals surface area (Å²) in [6.45, 7) is 2.72. The lowest BCUT2D eigenvalue weighted by Gasteiger charge is -2.05. The third kappa shape index (κ3) is 2.17. The molecule has 0 saturated heterocycles. The molecular formula is C13H15ClFNO. The predicted molar refractivity (Wildman–Crippen MR) is 67.7 cm³/mol. The fourth-order valence-electron chi connectivity index (χ4n) is 2.05. The average Bonchev–Trinajstić information content (AvgIpc) is 2.57. The average molecular weight is 256 g/mol. The fraction of sp³-hybridized carbons (Fsp3) is 0.385. The Hall–Kier alpha value is -1.06. The van der Waals surface area contributed by atoms with Crippen molar-refractivity contribution in [3.8, 4) is 0 Å². The van der Waals surface area contributed by atoms with Gasteiger partial charge in [0.2, 0.25) is 0 Å². The SMILES string of the molecule is CCCCn1c(Cl)c(CO)c2cc(F)ccc21. The van der Waals surface area contributed by atoms with Crippen LogP contribution in [0, 0.1) is 5.82 Å². The van der Waals surface area contributed by atoms with Gasteiger partial charge in [-0.2, -0.15) is 0 Å². The van der Waals surface area contributed by atoms with E-state index in [4.69, 9.17) is 11.6 Å². The molecule has 92 valence electrons. The van der Waals surface area contributed by atoms with Gasteiger partial charge >= 0.3 is 0 Å². The Labute approximate surface area is 105 Å². The van der Waals surface area contributed by atoms with E-state index in [0.29, 0.717) is 16.1 Å². The van der Waals surface area contributed by atoms with E-state index in [1.807, 2.05) is 4.57 Å². The molecule has 0 atom stereocenters. The number of aryl methyl sites for hydroxylation is 1. The highest BCUT2D eigenvalue weighted by Crippen LogP contribution is 2.31. The number of hydrogen-bond donors (Lipinski definition) is 1. The first kappa shape index (κ1) is 12.4.